The fraction of sp³-hybridized carbons (Fsp3) is 0. The Morgan fingerprint density at radius 1 is 0.862 bits per heavy atom. The largest absolute Gasteiger partial charge is 0.477 e. The van der Waals surface area contributed by atoms with Crippen LogP contribution in [0.15, 0.2) is 88.3 Å². The molecule has 0 aliphatic rings. The van der Waals surface area contributed by atoms with Crippen LogP contribution in [0.3, 0.4) is 0 Å². The molecular formula is C22H15Cl2NO3S. The lowest BCUT2D eigenvalue weighted by atomic mass is 10.1. The molecule has 4 nitrogen and oxygen atoms in total. The molecule has 7 heteroatoms. The number of carboxylic acid groups (broad SMARTS) is 1. The Balaban J connectivity index is 1.77. The van der Waals surface area contributed by atoms with E-state index in [9.17, 15) is 14.7 Å². The molecule has 1 amide bonds. The predicted molar refractivity (Wildman–Crippen MR) is 117 cm³/mol. The van der Waals surface area contributed by atoms with Gasteiger partial charge in [0.25, 0.3) is 5.91 Å². The van der Waals surface area contributed by atoms with Gasteiger partial charge in [-0.3, -0.25) is 4.79 Å². The van der Waals surface area contributed by atoms with E-state index in [1.807, 2.05) is 12.1 Å². The second-order valence-corrected chi connectivity index (χ2v) is 7.80. The molecule has 0 aliphatic carbocycles. The highest BCUT2D eigenvalue weighted by atomic mass is 35.5. The smallest absolute Gasteiger partial charge is 0.352 e. The summed E-state index contributed by atoms with van der Waals surface area (Å²) in [6, 6.07) is 20.9. The first-order chi connectivity index (χ1) is 13.9. The van der Waals surface area contributed by atoms with Gasteiger partial charge in [-0.25, -0.2) is 4.79 Å². The molecule has 0 radical (unpaired) electrons. The third-order valence-corrected chi connectivity index (χ3v) is 5.85. The lowest BCUT2D eigenvalue weighted by molar-refractivity contribution is -0.132. The third kappa shape index (κ3) is 5.64. The van der Waals surface area contributed by atoms with Crippen LogP contribution < -0.4 is 5.32 Å². The number of benzene rings is 3. The van der Waals surface area contributed by atoms with Crippen molar-refractivity contribution >= 4 is 52.9 Å². The van der Waals surface area contributed by atoms with Crippen molar-refractivity contribution in [2.24, 2.45) is 0 Å². The molecule has 0 aromatic heterocycles. The van der Waals surface area contributed by atoms with Crippen molar-refractivity contribution in [3.05, 3.63) is 99.7 Å². The Bertz CT molecular complexity index is 1050. The van der Waals surface area contributed by atoms with E-state index >= 15 is 0 Å². The average Bonchev–Trinajstić information content (AvgIpc) is 2.72. The van der Waals surface area contributed by atoms with Gasteiger partial charge in [0.15, 0.2) is 0 Å². The standard InChI is InChI=1S/C22H15Cl2NO3S/c23-17-7-4-8-18(24)20(17)29-16-11-9-14(10-12-16)13-19(22(27)28)25-21(26)15-5-2-1-3-6-15/h1-13H,(H,25,26)(H,27,28). The van der Waals surface area contributed by atoms with Gasteiger partial charge in [0.05, 0.1) is 10.0 Å². The maximum Gasteiger partial charge on any atom is 0.352 e. The lowest BCUT2D eigenvalue weighted by Crippen LogP contribution is -2.27. The fourth-order valence-corrected chi connectivity index (χ4v) is 3.90. The Morgan fingerprint density at radius 3 is 2.07 bits per heavy atom. The summed E-state index contributed by atoms with van der Waals surface area (Å²) in [4.78, 5) is 25.4. The van der Waals surface area contributed by atoms with Gasteiger partial charge in [-0.1, -0.05) is 71.4 Å². The molecule has 2 N–H and O–H groups in total. The summed E-state index contributed by atoms with van der Waals surface area (Å²) in [6.07, 6.45) is 1.40. The molecule has 3 aromatic rings. The van der Waals surface area contributed by atoms with Gasteiger partial charge in [-0.05, 0) is 48.0 Å². The SMILES string of the molecule is O=C(O)C(=Cc1ccc(Sc2c(Cl)cccc2Cl)cc1)NC(=O)c1ccccc1. The number of carbonyl (C=O) groups excluding carboxylic acids is 1. The monoisotopic (exact) mass is 443 g/mol. The van der Waals surface area contributed by atoms with Gasteiger partial charge in [-0.15, -0.1) is 0 Å². The Morgan fingerprint density at radius 2 is 1.48 bits per heavy atom. The predicted octanol–water partition coefficient (Wildman–Crippen LogP) is 6.00. The summed E-state index contributed by atoms with van der Waals surface area (Å²) < 4.78 is 0. The number of nitrogens with one attached hydrogen (secondary N) is 1. The zero-order valence-electron chi connectivity index (χ0n) is 14.9. The van der Waals surface area contributed by atoms with Crippen LogP contribution in [0.25, 0.3) is 6.08 Å². The number of aliphatic carboxylic acids is 1. The molecule has 0 saturated heterocycles. The van der Waals surface area contributed by atoms with Crippen molar-refractivity contribution < 1.29 is 14.7 Å². The molecule has 146 valence electrons. The Kier molecular flexibility index (Phi) is 6.99. The van der Waals surface area contributed by atoms with E-state index in [-0.39, 0.29) is 5.70 Å². The average molecular weight is 444 g/mol. The topological polar surface area (TPSA) is 66.4 Å². The molecule has 0 fully saturated rings. The van der Waals surface area contributed by atoms with Crippen LogP contribution in [-0.2, 0) is 4.79 Å². The number of hydrogen-bond acceptors (Lipinski definition) is 3. The maximum absolute atomic E-state index is 12.2. The molecule has 0 atom stereocenters. The second kappa shape index (κ2) is 9.65. The zero-order valence-corrected chi connectivity index (χ0v) is 17.3. The molecular weight excluding hydrogens is 429 g/mol. The van der Waals surface area contributed by atoms with Gasteiger partial charge in [-0.2, -0.15) is 0 Å². The highest BCUT2D eigenvalue weighted by Crippen LogP contribution is 2.38. The summed E-state index contributed by atoms with van der Waals surface area (Å²) in [5, 5.41) is 13.0. The van der Waals surface area contributed by atoms with Gasteiger partial charge in [0.2, 0.25) is 0 Å². The lowest BCUT2D eigenvalue weighted by Gasteiger charge is -2.08. The Hall–Kier alpha value is -2.73. The van der Waals surface area contributed by atoms with Gasteiger partial charge in [0, 0.05) is 15.4 Å². The number of hydrogen-bond donors (Lipinski definition) is 2. The van der Waals surface area contributed by atoms with Crippen LogP contribution in [0.4, 0.5) is 0 Å². The van der Waals surface area contributed by atoms with Crippen LogP contribution in [0.2, 0.25) is 10.0 Å². The molecule has 3 rings (SSSR count). The maximum atomic E-state index is 12.2. The highest BCUT2D eigenvalue weighted by Gasteiger charge is 2.13. The first-order valence-electron chi connectivity index (χ1n) is 8.47. The van der Waals surface area contributed by atoms with E-state index in [4.69, 9.17) is 23.2 Å². The first-order valence-corrected chi connectivity index (χ1v) is 10.0. The zero-order chi connectivity index (χ0) is 20.8. The molecule has 0 spiro atoms. The molecule has 0 unspecified atom stereocenters. The molecule has 0 heterocycles. The molecule has 0 saturated carbocycles. The molecule has 29 heavy (non-hydrogen) atoms. The van der Waals surface area contributed by atoms with Crippen LogP contribution in [0.5, 0.6) is 0 Å². The number of carboxylic acids is 1. The molecule has 0 aliphatic heterocycles. The summed E-state index contributed by atoms with van der Waals surface area (Å²) in [5.41, 5.74) is 0.793. The van der Waals surface area contributed by atoms with Crippen LogP contribution >= 0.6 is 35.0 Å². The van der Waals surface area contributed by atoms with Crippen molar-refractivity contribution in [3.8, 4) is 0 Å². The molecule has 3 aromatic carbocycles. The fourth-order valence-electron chi connectivity index (χ4n) is 2.43. The summed E-state index contributed by atoms with van der Waals surface area (Å²) in [7, 11) is 0. The van der Waals surface area contributed by atoms with E-state index in [0.29, 0.717) is 21.2 Å². The van der Waals surface area contributed by atoms with Crippen molar-refractivity contribution in [2.45, 2.75) is 9.79 Å². The minimum atomic E-state index is -1.23. The van der Waals surface area contributed by atoms with E-state index in [1.54, 1.807) is 60.7 Å². The normalized spacial score (nSPS) is 11.2. The van der Waals surface area contributed by atoms with Gasteiger partial charge in [0.1, 0.15) is 5.70 Å². The number of halogens is 2. The summed E-state index contributed by atoms with van der Waals surface area (Å²) in [5.74, 6) is -1.71. The van der Waals surface area contributed by atoms with Crippen molar-refractivity contribution in [3.63, 3.8) is 0 Å². The third-order valence-electron chi connectivity index (χ3n) is 3.84. The number of rotatable bonds is 6. The van der Waals surface area contributed by atoms with Crippen molar-refractivity contribution in [1.29, 1.82) is 0 Å². The van der Waals surface area contributed by atoms with E-state index in [1.165, 1.54) is 17.8 Å². The van der Waals surface area contributed by atoms with Crippen molar-refractivity contribution in [1.82, 2.24) is 5.32 Å². The van der Waals surface area contributed by atoms with Crippen LogP contribution in [0, 0.1) is 0 Å². The molecule has 0 bridgehead atoms. The van der Waals surface area contributed by atoms with Gasteiger partial charge >= 0.3 is 5.97 Å². The second-order valence-electron chi connectivity index (χ2n) is 5.91. The van der Waals surface area contributed by atoms with Crippen LogP contribution in [0.1, 0.15) is 15.9 Å². The highest BCUT2D eigenvalue weighted by molar-refractivity contribution is 7.99. The van der Waals surface area contributed by atoms with E-state index < -0.39 is 11.9 Å². The Labute approximate surface area is 182 Å². The minimum Gasteiger partial charge on any atom is -0.477 e. The minimum absolute atomic E-state index is 0.214. The number of amides is 1. The summed E-state index contributed by atoms with van der Waals surface area (Å²) >= 11 is 13.8. The quantitative estimate of drug-likeness (QED) is 0.458. The van der Waals surface area contributed by atoms with Gasteiger partial charge < -0.3 is 10.4 Å². The van der Waals surface area contributed by atoms with Crippen molar-refractivity contribution in [2.75, 3.05) is 0 Å². The van der Waals surface area contributed by atoms with Crippen LogP contribution in [-0.4, -0.2) is 17.0 Å². The van der Waals surface area contributed by atoms with E-state index in [0.717, 1.165) is 9.79 Å². The first kappa shape index (κ1) is 21.0. The number of carbonyl (C=O) groups is 2. The summed E-state index contributed by atoms with van der Waals surface area (Å²) in [6.45, 7) is 0. The van der Waals surface area contributed by atoms with E-state index in [2.05, 4.69) is 5.32 Å².